The van der Waals surface area contributed by atoms with Gasteiger partial charge in [0, 0.05) is 6.42 Å². The van der Waals surface area contributed by atoms with E-state index in [1.165, 1.54) is 0 Å². The third-order valence-corrected chi connectivity index (χ3v) is 2.82. The van der Waals surface area contributed by atoms with Crippen LogP contribution in [0.4, 0.5) is 0 Å². The summed E-state index contributed by atoms with van der Waals surface area (Å²) in [6.07, 6.45) is 3.04. The SMILES string of the molecule is C=C(CC)CC(=O)Cn1cnc2ccccc21. The Labute approximate surface area is 101 Å². The molecule has 1 heterocycles. The Morgan fingerprint density at radius 2 is 2.18 bits per heavy atom. The van der Waals surface area contributed by atoms with Crippen LogP contribution in [0.3, 0.4) is 0 Å². The average molecular weight is 228 g/mol. The Hall–Kier alpha value is -1.90. The molecule has 1 aromatic heterocycles. The predicted octanol–water partition coefficient (Wildman–Crippen LogP) is 2.96. The van der Waals surface area contributed by atoms with Crippen LogP contribution >= 0.6 is 0 Å². The van der Waals surface area contributed by atoms with Gasteiger partial charge >= 0.3 is 0 Å². The van der Waals surface area contributed by atoms with Gasteiger partial charge in [-0.2, -0.15) is 0 Å². The average Bonchev–Trinajstić information content (AvgIpc) is 2.72. The minimum absolute atomic E-state index is 0.181. The van der Waals surface area contributed by atoms with Crippen molar-refractivity contribution < 1.29 is 4.79 Å². The van der Waals surface area contributed by atoms with E-state index in [1.54, 1.807) is 6.33 Å². The number of hydrogen-bond acceptors (Lipinski definition) is 2. The van der Waals surface area contributed by atoms with E-state index in [9.17, 15) is 4.79 Å². The number of para-hydroxylation sites is 2. The number of nitrogens with zero attached hydrogens (tertiary/aromatic N) is 2. The van der Waals surface area contributed by atoms with Crippen molar-refractivity contribution in [3.05, 3.63) is 42.7 Å². The summed E-state index contributed by atoms with van der Waals surface area (Å²) in [4.78, 5) is 16.1. The first-order valence-corrected chi connectivity index (χ1v) is 5.79. The van der Waals surface area contributed by atoms with Gasteiger partial charge in [-0.25, -0.2) is 4.98 Å². The molecule has 0 saturated heterocycles. The lowest BCUT2D eigenvalue weighted by molar-refractivity contribution is -0.118. The molecular weight excluding hydrogens is 212 g/mol. The lowest BCUT2D eigenvalue weighted by Gasteiger charge is -2.04. The van der Waals surface area contributed by atoms with Crippen LogP contribution in [0.2, 0.25) is 0 Å². The number of benzene rings is 1. The summed E-state index contributed by atoms with van der Waals surface area (Å²) in [5.41, 5.74) is 2.91. The van der Waals surface area contributed by atoms with Gasteiger partial charge < -0.3 is 4.57 Å². The molecule has 0 aliphatic carbocycles. The molecule has 2 rings (SSSR count). The van der Waals surface area contributed by atoms with E-state index in [0.717, 1.165) is 23.0 Å². The lowest BCUT2D eigenvalue weighted by atomic mass is 10.1. The largest absolute Gasteiger partial charge is 0.323 e. The molecule has 0 N–H and O–H groups in total. The van der Waals surface area contributed by atoms with Crippen LogP contribution in [0.5, 0.6) is 0 Å². The number of Topliss-reactive ketones (excluding diaryl/α,β-unsaturated/α-hetero) is 1. The lowest BCUT2D eigenvalue weighted by Crippen LogP contribution is -2.09. The topological polar surface area (TPSA) is 34.9 Å². The highest BCUT2D eigenvalue weighted by Gasteiger charge is 2.07. The second-order valence-electron chi connectivity index (χ2n) is 4.18. The normalized spacial score (nSPS) is 10.6. The van der Waals surface area contributed by atoms with E-state index < -0.39 is 0 Å². The van der Waals surface area contributed by atoms with Gasteiger partial charge in [-0.15, -0.1) is 0 Å². The van der Waals surface area contributed by atoms with Crippen LogP contribution in [0, 0.1) is 0 Å². The van der Waals surface area contributed by atoms with Crippen LogP contribution in [0.15, 0.2) is 42.7 Å². The highest BCUT2D eigenvalue weighted by atomic mass is 16.1. The smallest absolute Gasteiger partial charge is 0.156 e. The molecule has 2 aromatic rings. The molecule has 17 heavy (non-hydrogen) atoms. The second kappa shape index (κ2) is 4.95. The van der Waals surface area contributed by atoms with Crippen molar-refractivity contribution in [2.24, 2.45) is 0 Å². The van der Waals surface area contributed by atoms with Gasteiger partial charge in [0.25, 0.3) is 0 Å². The first kappa shape index (κ1) is 11.6. The molecule has 0 radical (unpaired) electrons. The zero-order valence-electron chi connectivity index (χ0n) is 10.0. The quantitative estimate of drug-likeness (QED) is 0.737. The molecule has 0 unspecified atom stereocenters. The zero-order chi connectivity index (χ0) is 12.3. The van der Waals surface area contributed by atoms with Crippen molar-refractivity contribution in [1.29, 1.82) is 0 Å². The van der Waals surface area contributed by atoms with Crippen molar-refractivity contribution in [2.45, 2.75) is 26.3 Å². The Balaban J connectivity index is 2.13. The highest BCUT2D eigenvalue weighted by molar-refractivity contribution is 5.83. The highest BCUT2D eigenvalue weighted by Crippen LogP contribution is 2.13. The standard InChI is InChI=1S/C14H16N2O/c1-3-11(2)8-12(17)9-16-10-15-13-6-4-5-7-14(13)16/h4-7,10H,2-3,8-9H2,1H3. The van der Waals surface area contributed by atoms with Gasteiger partial charge in [0.2, 0.25) is 0 Å². The summed E-state index contributed by atoms with van der Waals surface area (Å²) >= 11 is 0. The predicted molar refractivity (Wildman–Crippen MR) is 68.8 cm³/mol. The zero-order valence-corrected chi connectivity index (χ0v) is 10.0. The van der Waals surface area contributed by atoms with E-state index in [0.29, 0.717) is 13.0 Å². The molecule has 0 amide bonds. The second-order valence-corrected chi connectivity index (χ2v) is 4.18. The third-order valence-electron chi connectivity index (χ3n) is 2.82. The summed E-state index contributed by atoms with van der Waals surface area (Å²) in [6, 6.07) is 7.82. The number of fused-ring (bicyclic) bond motifs is 1. The summed E-state index contributed by atoms with van der Waals surface area (Å²) < 4.78 is 1.89. The molecule has 88 valence electrons. The van der Waals surface area contributed by atoms with Gasteiger partial charge in [-0.3, -0.25) is 4.79 Å². The van der Waals surface area contributed by atoms with Crippen molar-refractivity contribution >= 4 is 16.8 Å². The van der Waals surface area contributed by atoms with Crippen LogP contribution in [0.25, 0.3) is 11.0 Å². The molecule has 0 aliphatic rings. The maximum Gasteiger partial charge on any atom is 0.156 e. The Kier molecular flexibility index (Phi) is 3.38. The Morgan fingerprint density at radius 1 is 1.41 bits per heavy atom. The number of allylic oxidation sites excluding steroid dienone is 1. The summed E-state index contributed by atoms with van der Waals surface area (Å²) in [6.45, 7) is 6.25. The fourth-order valence-electron chi connectivity index (χ4n) is 1.79. The van der Waals surface area contributed by atoms with Gasteiger partial charge in [0.15, 0.2) is 5.78 Å². The number of hydrogen-bond donors (Lipinski definition) is 0. The Morgan fingerprint density at radius 3 is 2.94 bits per heavy atom. The van der Waals surface area contributed by atoms with E-state index in [-0.39, 0.29) is 5.78 Å². The van der Waals surface area contributed by atoms with Crippen LogP contribution in [0.1, 0.15) is 19.8 Å². The number of imidazole rings is 1. The monoisotopic (exact) mass is 228 g/mol. The summed E-state index contributed by atoms with van der Waals surface area (Å²) in [5.74, 6) is 0.181. The molecule has 0 saturated carbocycles. The van der Waals surface area contributed by atoms with Crippen molar-refractivity contribution in [3.63, 3.8) is 0 Å². The maximum atomic E-state index is 11.8. The van der Waals surface area contributed by atoms with E-state index >= 15 is 0 Å². The molecule has 3 nitrogen and oxygen atoms in total. The molecule has 0 atom stereocenters. The molecule has 0 bridgehead atoms. The van der Waals surface area contributed by atoms with Crippen molar-refractivity contribution in [1.82, 2.24) is 9.55 Å². The number of carbonyl (C=O) groups is 1. The molecule has 0 aliphatic heterocycles. The van der Waals surface area contributed by atoms with E-state index in [4.69, 9.17) is 0 Å². The van der Waals surface area contributed by atoms with E-state index in [1.807, 2.05) is 35.8 Å². The summed E-state index contributed by atoms with van der Waals surface area (Å²) in [5, 5.41) is 0. The van der Waals surface area contributed by atoms with Gasteiger partial charge in [0.05, 0.1) is 23.9 Å². The fraction of sp³-hybridized carbons (Fsp3) is 0.286. The van der Waals surface area contributed by atoms with Crippen molar-refractivity contribution in [2.75, 3.05) is 0 Å². The molecule has 0 fully saturated rings. The van der Waals surface area contributed by atoms with Gasteiger partial charge in [-0.05, 0) is 18.6 Å². The maximum absolute atomic E-state index is 11.8. The molecule has 3 heteroatoms. The van der Waals surface area contributed by atoms with Crippen LogP contribution < -0.4 is 0 Å². The minimum Gasteiger partial charge on any atom is -0.323 e. The first-order valence-electron chi connectivity index (χ1n) is 5.79. The third kappa shape index (κ3) is 2.61. The minimum atomic E-state index is 0.181. The first-order chi connectivity index (χ1) is 8.20. The molecule has 0 spiro atoms. The van der Waals surface area contributed by atoms with Crippen molar-refractivity contribution in [3.8, 4) is 0 Å². The number of rotatable bonds is 5. The van der Waals surface area contributed by atoms with Gasteiger partial charge in [0.1, 0.15) is 0 Å². The molecule has 1 aromatic carbocycles. The van der Waals surface area contributed by atoms with Gasteiger partial charge in [-0.1, -0.05) is 31.2 Å². The van der Waals surface area contributed by atoms with Crippen LogP contribution in [-0.4, -0.2) is 15.3 Å². The number of aromatic nitrogens is 2. The van der Waals surface area contributed by atoms with E-state index in [2.05, 4.69) is 11.6 Å². The number of ketones is 1. The molecular formula is C14H16N2O. The summed E-state index contributed by atoms with van der Waals surface area (Å²) in [7, 11) is 0. The van der Waals surface area contributed by atoms with Crippen LogP contribution in [-0.2, 0) is 11.3 Å². The number of carbonyl (C=O) groups excluding carboxylic acids is 1. The fourth-order valence-corrected chi connectivity index (χ4v) is 1.79. The Bertz CT molecular complexity index is 554.